The van der Waals surface area contributed by atoms with Gasteiger partial charge >= 0.3 is 6.03 Å². The molecule has 1 heterocycles. The highest BCUT2D eigenvalue weighted by Gasteiger charge is 2.38. The van der Waals surface area contributed by atoms with Crippen LogP contribution in [0.5, 0.6) is 11.5 Å². The van der Waals surface area contributed by atoms with E-state index in [1.165, 1.54) is 0 Å². The first-order chi connectivity index (χ1) is 18.1. The van der Waals surface area contributed by atoms with Crippen LogP contribution in [0.1, 0.15) is 44.7 Å². The predicted octanol–water partition coefficient (Wildman–Crippen LogP) is 1.10. The molecule has 2 atom stereocenters. The molecule has 0 spiro atoms. The van der Waals surface area contributed by atoms with E-state index in [0.717, 1.165) is 11.1 Å². The molecule has 0 radical (unpaired) electrons. The molecule has 204 valence electrons. The molecule has 0 saturated heterocycles. The molecule has 1 aliphatic heterocycles. The Morgan fingerprint density at radius 3 is 2.32 bits per heavy atom. The standard InChI is InChI=1S/C27H36N4O6Si/c1-4-20(23(32)24(33)28-15-19-10-11-21-22(12-19)37-16-36-21)30-25(34)27(38,13-17(2)3)31-26(35)29-14-18-8-6-5-7-9-18/h5-12,17,20H,4,13-16H2,1-3,38H3,(H,28,33)(H,30,34)(H2,29,31,35)/t20?,27-/m0/s1. The number of carbonyl (C=O) groups is 4. The number of Topliss-reactive ketones (excluding diaryl/α,β-unsaturated/α-hetero) is 1. The van der Waals surface area contributed by atoms with E-state index >= 15 is 0 Å². The molecule has 0 bridgehead atoms. The van der Waals surface area contributed by atoms with Crippen LogP contribution in [0.15, 0.2) is 48.5 Å². The van der Waals surface area contributed by atoms with E-state index in [4.69, 9.17) is 9.47 Å². The molecule has 0 saturated carbocycles. The number of carbonyl (C=O) groups excluding carboxylic acids is 4. The third kappa shape index (κ3) is 7.82. The third-order valence-electron chi connectivity index (χ3n) is 6.15. The molecule has 2 aromatic carbocycles. The smallest absolute Gasteiger partial charge is 0.315 e. The van der Waals surface area contributed by atoms with Crippen molar-refractivity contribution in [3.8, 4) is 11.5 Å². The zero-order valence-electron chi connectivity index (χ0n) is 22.3. The second kappa shape index (κ2) is 13.1. The summed E-state index contributed by atoms with van der Waals surface area (Å²) in [6.07, 6.45) is 0.617. The van der Waals surface area contributed by atoms with Gasteiger partial charge in [-0.2, -0.15) is 0 Å². The minimum Gasteiger partial charge on any atom is -0.454 e. The number of ether oxygens (including phenoxy) is 2. The molecule has 11 heteroatoms. The number of amides is 4. The van der Waals surface area contributed by atoms with Crippen molar-refractivity contribution in [3.05, 3.63) is 59.7 Å². The largest absolute Gasteiger partial charge is 0.454 e. The summed E-state index contributed by atoms with van der Waals surface area (Å²) in [5.74, 6) is -0.712. The number of urea groups is 1. The van der Waals surface area contributed by atoms with Crippen LogP contribution in [-0.4, -0.2) is 51.9 Å². The maximum absolute atomic E-state index is 13.4. The Bertz CT molecular complexity index is 1160. The molecule has 1 unspecified atom stereocenters. The van der Waals surface area contributed by atoms with Crippen LogP contribution in [0.25, 0.3) is 0 Å². The lowest BCUT2D eigenvalue weighted by molar-refractivity contribution is -0.140. The summed E-state index contributed by atoms with van der Waals surface area (Å²) in [7, 11) is 0.296. The van der Waals surface area contributed by atoms with E-state index in [9.17, 15) is 19.2 Å². The van der Waals surface area contributed by atoms with Crippen LogP contribution in [0.2, 0.25) is 0 Å². The SMILES string of the molecule is CCC(NC(=O)[C@@]([SiH3])(CC(C)C)NC(=O)NCc1ccccc1)C(=O)C(=O)NCc1ccc2c(c1)OCO2. The molecule has 0 aromatic heterocycles. The summed E-state index contributed by atoms with van der Waals surface area (Å²) >= 11 is 0. The zero-order chi connectivity index (χ0) is 27.7. The van der Waals surface area contributed by atoms with E-state index in [-0.39, 0.29) is 25.7 Å². The fraction of sp³-hybridized carbons (Fsp3) is 0.407. The van der Waals surface area contributed by atoms with Gasteiger partial charge in [0.2, 0.25) is 18.5 Å². The zero-order valence-corrected chi connectivity index (χ0v) is 24.3. The Labute approximate surface area is 225 Å². The van der Waals surface area contributed by atoms with Crippen molar-refractivity contribution in [2.45, 2.75) is 57.9 Å². The lowest BCUT2D eigenvalue weighted by Gasteiger charge is -2.33. The highest BCUT2D eigenvalue weighted by molar-refractivity contribution is 6.39. The van der Waals surface area contributed by atoms with Crippen LogP contribution >= 0.6 is 0 Å². The average molecular weight is 541 g/mol. The number of ketones is 1. The van der Waals surface area contributed by atoms with Crippen LogP contribution < -0.4 is 30.7 Å². The van der Waals surface area contributed by atoms with Crippen molar-refractivity contribution in [3.63, 3.8) is 0 Å². The fourth-order valence-corrected chi connectivity index (χ4v) is 5.43. The molecule has 4 amide bonds. The summed E-state index contributed by atoms with van der Waals surface area (Å²) in [6, 6.07) is 13.2. The van der Waals surface area contributed by atoms with Crippen molar-refractivity contribution in [2.24, 2.45) is 5.92 Å². The first-order valence-electron chi connectivity index (χ1n) is 12.7. The van der Waals surface area contributed by atoms with Gasteiger partial charge in [0.1, 0.15) is 0 Å². The normalized spacial score (nSPS) is 14.3. The molecule has 10 nitrogen and oxygen atoms in total. The van der Waals surface area contributed by atoms with Crippen molar-refractivity contribution in [1.82, 2.24) is 21.3 Å². The summed E-state index contributed by atoms with van der Waals surface area (Å²) in [5.41, 5.74) is 1.67. The average Bonchev–Trinajstić information content (AvgIpc) is 3.36. The maximum atomic E-state index is 13.4. The van der Waals surface area contributed by atoms with E-state index in [2.05, 4.69) is 21.3 Å². The van der Waals surface area contributed by atoms with Gasteiger partial charge in [0.15, 0.2) is 11.5 Å². The second-order valence-corrected chi connectivity index (χ2v) is 11.6. The summed E-state index contributed by atoms with van der Waals surface area (Å²) in [6.45, 7) is 6.19. The molecular weight excluding hydrogens is 504 g/mol. The number of fused-ring (bicyclic) bond motifs is 1. The van der Waals surface area contributed by atoms with Crippen molar-refractivity contribution < 1.29 is 28.7 Å². The highest BCUT2D eigenvalue weighted by atomic mass is 28.1. The van der Waals surface area contributed by atoms with Gasteiger partial charge < -0.3 is 30.7 Å². The van der Waals surface area contributed by atoms with Gasteiger partial charge in [0, 0.05) is 23.3 Å². The predicted molar refractivity (Wildman–Crippen MR) is 146 cm³/mol. The number of hydrogen-bond acceptors (Lipinski definition) is 6. The minimum absolute atomic E-state index is 0.105. The van der Waals surface area contributed by atoms with Gasteiger partial charge in [0.25, 0.3) is 5.91 Å². The fourth-order valence-electron chi connectivity index (χ4n) is 4.24. The van der Waals surface area contributed by atoms with E-state index in [1.807, 2.05) is 44.2 Å². The van der Waals surface area contributed by atoms with Gasteiger partial charge in [0.05, 0.1) is 11.2 Å². The van der Waals surface area contributed by atoms with Crippen LogP contribution in [0.3, 0.4) is 0 Å². The van der Waals surface area contributed by atoms with Crippen molar-refractivity contribution >= 4 is 33.9 Å². The molecule has 1 aliphatic rings. The summed E-state index contributed by atoms with van der Waals surface area (Å²) < 4.78 is 10.6. The molecule has 0 aliphatic carbocycles. The first-order valence-corrected chi connectivity index (χ1v) is 13.7. The lowest BCUT2D eigenvalue weighted by atomic mass is 10.0. The maximum Gasteiger partial charge on any atom is 0.315 e. The monoisotopic (exact) mass is 540 g/mol. The number of benzene rings is 2. The molecule has 3 rings (SSSR count). The van der Waals surface area contributed by atoms with Crippen LogP contribution in [-0.2, 0) is 27.5 Å². The van der Waals surface area contributed by atoms with Crippen molar-refractivity contribution in [2.75, 3.05) is 6.79 Å². The van der Waals surface area contributed by atoms with Gasteiger partial charge in [-0.3, -0.25) is 14.4 Å². The molecule has 2 aromatic rings. The van der Waals surface area contributed by atoms with E-state index in [1.54, 1.807) is 25.1 Å². The van der Waals surface area contributed by atoms with Gasteiger partial charge in [-0.1, -0.05) is 57.2 Å². The topological polar surface area (TPSA) is 135 Å². The number of hydrogen-bond donors (Lipinski definition) is 4. The summed E-state index contributed by atoms with van der Waals surface area (Å²) in [4.78, 5) is 51.6. The molecular formula is C27H36N4O6Si. The molecule has 38 heavy (non-hydrogen) atoms. The second-order valence-electron chi connectivity index (χ2n) is 9.89. The number of nitrogens with one attached hydrogen (secondary N) is 4. The Balaban J connectivity index is 1.59. The highest BCUT2D eigenvalue weighted by Crippen LogP contribution is 2.32. The van der Waals surface area contributed by atoms with Gasteiger partial charge in [-0.25, -0.2) is 4.79 Å². The van der Waals surface area contributed by atoms with E-state index < -0.39 is 34.8 Å². The Morgan fingerprint density at radius 1 is 0.947 bits per heavy atom. The Hall–Kier alpha value is -3.86. The van der Waals surface area contributed by atoms with Crippen LogP contribution in [0.4, 0.5) is 4.79 Å². The van der Waals surface area contributed by atoms with Gasteiger partial charge in [-0.15, -0.1) is 0 Å². The Morgan fingerprint density at radius 2 is 1.63 bits per heavy atom. The molecule has 0 fully saturated rings. The van der Waals surface area contributed by atoms with Crippen LogP contribution in [0, 0.1) is 5.92 Å². The lowest BCUT2D eigenvalue weighted by Crippen LogP contribution is -2.64. The minimum atomic E-state index is -1.16. The first kappa shape index (κ1) is 28.7. The van der Waals surface area contributed by atoms with Gasteiger partial charge in [-0.05, 0) is 42.0 Å². The Kier molecular flexibility index (Phi) is 9.89. The number of rotatable bonds is 12. The molecule has 4 N–H and O–H groups in total. The quantitative estimate of drug-likeness (QED) is 0.235. The summed E-state index contributed by atoms with van der Waals surface area (Å²) in [5, 5.41) is 9.76. The van der Waals surface area contributed by atoms with E-state index in [0.29, 0.717) is 34.7 Å². The van der Waals surface area contributed by atoms with Crippen molar-refractivity contribution in [1.29, 1.82) is 0 Å². The third-order valence-corrected chi connectivity index (χ3v) is 7.26.